The lowest BCUT2D eigenvalue weighted by Crippen LogP contribution is -2.41. The monoisotopic (exact) mass is 366 g/mol. The van der Waals surface area contributed by atoms with Gasteiger partial charge in [0.15, 0.2) is 11.5 Å². The Bertz CT molecular complexity index is 1030. The quantitative estimate of drug-likeness (QED) is 0.728. The summed E-state index contributed by atoms with van der Waals surface area (Å²) in [5, 5.41) is 11.2. The van der Waals surface area contributed by atoms with E-state index in [9.17, 15) is 9.59 Å². The molecule has 2 aromatic carbocycles. The third-order valence-electron chi connectivity index (χ3n) is 4.27. The van der Waals surface area contributed by atoms with Crippen molar-refractivity contribution in [3.63, 3.8) is 0 Å². The third-order valence-corrected chi connectivity index (χ3v) is 4.27. The molecule has 1 aromatic heterocycles. The van der Waals surface area contributed by atoms with E-state index in [-0.39, 0.29) is 30.5 Å². The number of carbonyl (C=O) groups excluding carboxylic acids is 1. The van der Waals surface area contributed by atoms with Crippen molar-refractivity contribution in [2.45, 2.75) is 19.1 Å². The minimum absolute atomic E-state index is 0.122. The van der Waals surface area contributed by atoms with E-state index in [1.807, 2.05) is 24.3 Å². The van der Waals surface area contributed by atoms with Crippen molar-refractivity contribution in [3.8, 4) is 11.5 Å². The molecule has 138 valence electrons. The highest BCUT2D eigenvalue weighted by atomic mass is 16.6. The second kappa shape index (κ2) is 7.45. The lowest BCUT2D eigenvalue weighted by molar-refractivity contribution is -0.121. The predicted molar refractivity (Wildman–Crippen MR) is 97.8 cm³/mol. The van der Waals surface area contributed by atoms with Gasteiger partial charge in [-0.05, 0) is 24.3 Å². The Morgan fingerprint density at radius 3 is 2.81 bits per heavy atom. The molecule has 8 nitrogen and oxygen atoms in total. The van der Waals surface area contributed by atoms with E-state index in [0.717, 1.165) is 0 Å². The van der Waals surface area contributed by atoms with Gasteiger partial charge in [0, 0.05) is 6.42 Å². The van der Waals surface area contributed by atoms with Crippen molar-refractivity contribution in [1.29, 1.82) is 0 Å². The summed E-state index contributed by atoms with van der Waals surface area (Å²) >= 11 is 0. The highest BCUT2D eigenvalue weighted by Gasteiger charge is 2.21. The Kier molecular flexibility index (Phi) is 4.69. The van der Waals surface area contributed by atoms with Crippen LogP contribution in [0.15, 0.2) is 53.3 Å². The molecule has 1 atom stereocenters. The third kappa shape index (κ3) is 3.74. The molecule has 8 heteroatoms. The molecule has 0 fully saturated rings. The number of ether oxygens (including phenoxy) is 2. The van der Waals surface area contributed by atoms with Gasteiger partial charge in [-0.2, -0.15) is 0 Å². The number of rotatable bonds is 5. The highest BCUT2D eigenvalue weighted by Crippen LogP contribution is 2.30. The zero-order valence-electron chi connectivity index (χ0n) is 14.5. The molecule has 0 saturated heterocycles. The van der Waals surface area contributed by atoms with Gasteiger partial charge in [-0.3, -0.25) is 9.59 Å². The summed E-state index contributed by atoms with van der Waals surface area (Å²) in [6, 6.07) is 14.4. The molecule has 4 rings (SSSR count). The minimum atomic E-state index is -0.257. The summed E-state index contributed by atoms with van der Waals surface area (Å²) in [5.74, 6) is 1.18. The number of fused-ring (bicyclic) bond motifs is 2. The zero-order chi connectivity index (χ0) is 18.6. The molecular formula is C19H18N4O4. The van der Waals surface area contributed by atoms with E-state index in [2.05, 4.69) is 15.6 Å². The predicted octanol–water partition coefficient (Wildman–Crippen LogP) is 1.14. The van der Waals surface area contributed by atoms with Crippen molar-refractivity contribution in [1.82, 2.24) is 20.3 Å². The van der Waals surface area contributed by atoms with E-state index in [4.69, 9.17) is 9.47 Å². The number of aryl methyl sites for hydroxylation is 1. The molecule has 0 saturated carbocycles. The zero-order valence-corrected chi connectivity index (χ0v) is 14.5. The fourth-order valence-electron chi connectivity index (χ4n) is 2.86. The first kappa shape index (κ1) is 17.0. The molecule has 1 aliphatic rings. The number of nitrogens with zero attached hydrogens (tertiary/aromatic N) is 3. The first-order chi connectivity index (χ1) is 13.2. The highest BCUT2D eigenvalue weighted by molar-refractivity contribution is 5.77. The minimum Gasteiger partial charge on any atom is -0.486 e. The van der Waals surface area contributed by atoms with E-state index < -0.39 is 0 Å². The lowest BCUT2D eigenvalue weighted by atomic mass is 10.2. The second-order valence-electron chi connectivity index (χ2n) is 6.19. The molecule has 27 heavy (non-hydrogen) atoms. The summed E-state index contributed by atoms with van der Waals surface area (Å²) < 4.78 is 12.6. The van der Waals surface area contributed by atoms with E-state index >= 15 is 0 Å². The van der Waals surface area contributed by atoms with Crippen molar-refractivity contribution < 1.29 is 14.3 Å². The van der Waals surface area contributed by atoms with Gasteiger partial charge in [0.25, 0.3) is 5.56 Å². The molecule has 0 radical (unpaired) electrons. The summed E-state index contributed by atoms with van der Waals surface area (Å²) in [7, 11) is 0. The Morgan fingerprint density at radius 2 is 1.93 bits per heavy atom. The maximum absolute atomic E-state index is 12.4. The molecule has 1 unspecified atom stereocenters. The summed E-state index contributed by atoms with van der Waals surface area (Å²) in [6.45, 7) is 0.853. The number of benzene rings is 2. The van der Waals surface area contributed by atoms with Crippen LogP contribution >= 0.6 is 0 Å². The fourth-order valence-corrected chi connectivity index (χ4v) is 2.86. The molecule has 0 spiro atoms. The average molecular weight is 366 g/mol. The van der Waals surface area contributed by atoms with Gasteiger partial charge in [0.1, 0.15) is 18.2 Å². The van der Waals surface area contributed by atoms with Gasteiger partial charge in [0.05, 0.1) is 18.5 Å². The molecule has 2 heterocycles. The molecular weight excluding hydrogens is 348 g/mol. The van der Waals surface area contributed by atoms with Crippen molar-refractivity contribution in [3.05, 3.63) is 58.9 Å². The standard InChI is InChI=1S/C19H18N4O4/c24-18(20-11-13-12-26-16-7-3-4-8-17(16)27-13)9-10-23-19(25)14-5-1-2-6-15(14)21-22-23/h1-8,13H,9-12H2,(H,20,24). The second-order valence-corrected chi connectivity index (χ2v) is 6.19. The van der Waals surface area contributed by atoms with Gasteiger partial charge in [0.2, 0.25) is 5.91 Å². The van der Waals surface area contributed by atoms with E-state index in [1.54, 1.807) is 24.3 Å². The number of carbonyl (C=O) groups is 1. The Morgan fingerprint density at radius 1 is 1.15 bits per heavy atom. The van der Waals surface area contributed by atoms with Gasteiger partial charge >= 0.3 is 0 Å². The van der Waals surface area contributed by atoms with Gasteiger partial charge < -0.3 is 14.8 Å². The van der Waals surface area contributed by atoms with Crippen LogP contribution in [0.25, 0.3) is 10.9 Å². The number of nitrogens with one attached hydrogen (secondary N) is 1. The van der Waals surface area contributed by atoms with Crippen LogP contribution in [0, 0.1) is 0 Å². The van der Waals surface area contributed by atoms with Crippen LogP contribution in [0.5, 0.6) is 11.5 Å². The molecule has 0 aliphatic carbocycles. The van der Waals surface area contributed by atoms with E-state index in [1.165, 1.54) is 4.68 Å². The van der Waals surface area contributed by atoms with Gasteiger partial charge in [-0.15, -0.1) is 5.10 Å². The van der Waals surface area contributed by atoms with Crippen molar-refractivity contribution >= 4 is 16.8 Å². The number of para-hydroxylation sites is 2. The lowest BCUT2D eigenvalue weighted by Gasteiger charge is -2.26. The fraction of sp³-hybridized carbons (Fsp3) is 0.263. The molecule has 1 aliphatic heterocycles. The first-order valence-electron chi connectivity index (χ1n) is 8.68. The Balaban J connectivity index is 1.31. The number of amides is 1. The molecule has 1 amide bonds. The molecule has 1 N–H and O–H groups in total. The smallest absolute Gasteiger partial charge is 0.277 e. The van der Waals surface area contributed by atoms with E-state index in [0.29, 0.717) is 35.6 Å². The SMILES string of the molecule is O=C(CCn1nnc2ccccc2c1=O)NCC1COc2ccccc2O1. The number of hydrogen-bond acceptors (Lipinski definition) is 6. The maximum atomic E-state index is 12.4. The van der Waals surface area contributed by atoms with Crippen LogP contribution < -0.4 is 20.3 Å². The molecule has 3 aromatic rings. The maximum Gasteiger partial charge on any atom is 0.277 e. The number of hydrogen-bond donors (Lipinski definition) is 1. The Hall–Kier alpha value is -3.42. The van der Waals surface area contributed by atoms with Crippen LogP contribution in [-0.4, -0.2) is 40.2 Å². The Labute approximate surface area is 154 Å². The summed E-state index contributed by atoms with van der Waals surface area (Å²) in [5.41, 5.74) is 0.284. The number of aromatic nitrogens is 3. The van der Waals surface area contributed by atoms with Crippen LogP contribution in [0.1, 0.15) is 6.42 Å². The van der Waals surface area contributed by atoms with Gasteiger partial charge in [-0.25, -0.2) is 4.68 Å². The summed E-state index contributed by atoms with van der Waals surface area (Å²) in [4.78, 5) is 24.5. The van der Waals surface area contributed by atoms with Gasteiger partial charge in [-0.1, -0.05) is 29.5 Å². The summed E-state index contributed by atoms with van der Waals surface area (Å²) in [6.07, 6.45) is -0.135. The van der Waals surface area contributed by atoms with Crippen LogP contribution in [0.3, 0.4) is 0 Å². The molecule has 0 bridgehead atoms. The van der Waals surface area contributed by atoms with Crippen LogP contribution in [0.4, 0.5) is 0 Å². The van der Waals surface area contributed by atoms with Crippen LogP contribution in [-0.2, 0) is 11.3 Å². The van der Waals surface area contributed by atoms with Crippen molar-refractivity contribution in [2.24, 2.45) is 0 Å². The first-order valence-corrected chi connectivity index (χ1v) is 8.68. The van der Waals surface area contributed by atoms with Crippen molar-refractivity contribution in [2.75, 3.05) is 13.2 Å². The largest absolute Gasteiger partial charge is 0.486 e. The normalized spacial score (nSPS) is 15.5. The topological polar surface area (TPSA) is 95.3 Å². The average Bonchev–Trinajstić information content (AvgIpc) is 2.72. The van der Waals surface area contributed by atoms with Crippen LogP contribution in [0.2, 0.25) is 0 Å².